The molecule has 0 radical (unpaired) electrons. The van der Waals surface area contributed by atoms with E-state index in [0.29, 0.717) is 0 Å². The number of hydrogen-bond donors (Lipinski definition) is 0. The predicted molar refractivity (Wildman–Crippen MR) is 156 cm³/mol. The van der Waals surface area contributed by atoms with E-state index in [2.05, 4.69) is 135 Å². The fourth-order valence-electron chi connectivity index (χ4n) is 5.60. The van der Waals surface area contributed by atoms with E-state index in [4.69, 9.17) is 0 Å². The number of fused-ring (bicyclic) bond motifs is 4. The van der Waals surface area contributed by atoms with Crippen molar-refractivity contribution in [1.29, 1.82) is 0 Å². The largest absolute Gasteiger partial charge is 0.139 e. The lowest BCUT2D eigenvalue weighted by atomic mass is 9.83. The van der Waals surface area contributed by atoms with E-state index in [-0.39, 0.29) is 0 Å². The van der Waals surface area contributed by atoms with Crippen LogP contribution in [0.2, 0.25) is 0 Å². The van der Waals surface area contributed by atoms with Crippen LogP contribution in [0.25, 0.3) is 65.3 Å². The molecule has 0 spiro atoms. The van der Waals surface area contributed by atoms with Crippen LogP contribution in [-0.4, -0.2) is 7.85 Å². The van der Waals surface area contributed by atoms with Crippen LogP contribution in [0.4, 0.5) is 0 Å². The molecule has 1 heteroatoms. The molecule has 0 heterocycles. The summed E-state index contributed by atoms with van der Waals surface area (Å²) in [6.07, 6.45) is 0. The van der Waals surface area contributed by atoms with Gasteiger partial charge in [0.2, 0.25) is 0 Å². The van der Waals surface area contributed by atoms with Crippen LogP contribution in [0.5, 0.6) is 0 Å². The molecule has 7 aromatic rings. The molecule has 0 unspecified atom stereocenters. The molecule has 0 atom stereocenters. The van der Waals surface area contributed by atoms with Gasteiger partial charge in [0.05, 0.1) is 0 Å². The Balaban J connectivity index is 1.63. The van der Waals surface area contributed by atoms with Gasteiger partial charge in [-0.05, 0) is 77.5 Å². The summed E-state index contributed by atoms with van der Waals surface area (Å²) in [5, 5.41) is 10.3. The van der Waals surface area contributed by atoms with Crippen molar-refractivity contribution in [2.75, 3.05) is 0 Å². The van der Waals surface area contributed by atoms with Gasteiger partial charge in [-0.3, -0.25) is 0 Å². The highest BCUT2D eigenvalue weighted by molar-refractivity contribution is 6.34. The van der Waals surface area contributed by atoms with Crippen molar-refractivity contribution < 1.29 is 0 Å². The molecule has 0 saturated heterocycles. The first-order valence-corrected chi connectivity index (χ1v) is 12.2. The highest BCUT2D eigenvalue weighted by atomic mass is 14.2. The quantitative estimate of drug-likeness (QED) is 0.189. The molecule has 162 valence electrons. The molecule has 7 rings (SSSR count). The van der Waals surface area contributed by atoms with Crippen molar-refractivity contribution in [2.24, 2.45) is 0 Å². The van der Waals surface area contributed by atoms with Crippen LogP contribution in [0.1, 0.15) is 0 Å². The molecule has 0 bridgehead atoms. The summed E-state index contributed by atoms with van der Waals surface area (Å²) < 4.78 is 0. The smallest absolute Gasteiger partial charge is 0.0883 e. The Morgan fingerprint density at radius 1 is 0.343 bits per heavy atom. The van der Waals surface area contributed by atoms with Crippen LogP contribution < -0.4 is 5.46 Å². The second-order valence-electron chi connectivity index (χ2n) is 9.47. The number of hydrogen-bond acceptors (Lipinski definition) is 0. The van der Waals surface area contributed by atoms with E-state index in [1.807, 2.05) is 0 Å². The first-order valence-electron chi connectivity index (χ1n) is 12.2. The van der Waals surface area contributed by atoms with Crippen molar-refractivity contribution in [1.82, 2.24) is 0 Å². The highest BCUT2D eigenvalue weighted by Crippen LogP contribution is 2.44. The Bertz CT molecular complexity index is 1910. The fourth-order valence-corrected chi connectivity index (χ4v) is 5.60. The summed E-state index contributed by atoms with van der Waals surface area (Å²) >= 11 is 0. The Hall–Kier alpha value is -4.36. The zero-order valence-corrected chi connectivity index (χ0v) is 19.6. The third kappa shape index (κ3) is 3.24. The molecule has 0 saturated carbocycles. The van der Waals surface area contributed by atoms with Crippen LogP contribution in [0.3, 0.4) is 0 Å². The van der Waals surface area contributed by atoms with Crippen molar-refractivity contribution in [3.8, 4) is 22.3 Å². The van der Waals surface area contributed by atoms with E-state index in [0.717, 1.165) is 0 Å². The summed E-state index contributed by atoms with van der Waals surface area (Å²) in [7, 11) is 2.19. The zero-order chi connectivity index (χ0) is 23.4. The first kappa shape index (κ1) is 20.1. The minimum atomic E-state index is 1.26. The third-order valence-electron chi connectivity index (χ3n) is 7.26. The van der Waals surface area contributed by atoms with Gasteiger partial charge in [0.15, 0.2) is 0 Å². The van der Waals surface area contributed by atoms with Crippen molar-refractivity contribution in [3.05, 3.63) is 127 Å². The maximum absolute atomic E-state index is 2.36. The summed E-state index contributed by atoms with van der Waals surface area (Å²) in [5.41, 5.74) is 6.43. The van der Waals surface area contributed by atoms with Crippen LogP contribution in [-0.2, 0) is 0 Å². The van der Waals surface area contributed by atoms with Gasteiger partial charge in [0.25, 0.3) is 0 Å². The van der Waals surface area contributed by atoms with Crippen LogP contribution >= 0.6 is 0 Å². The summed E-state index contributed by atoms with van der Waals surface area (Å²) in [6.45, 7) is 0. The fraction of sp³-hybridized carbons (Fsp3) is 0. The topological polar surface area (TPSA) is 0 Å². The molecule has 0 aliphatic rings. The van der Waals surface area contributed by atoms with Gasteiger partial charge in [-0.2, -0.15) is 0 Å². The molecular formula is C34H23B. The maximum Gasteiger partial charge on any atom is 0.139 e. The summed E-state index contributed by atoms with van der Waals surface area (Å²) in [6, 6.07) is 46.8. The second-order valence-corrected chi connectivity index (χ2v) is 9.47. The molecule has 0 amide bonds. The summed E-state index contributed by atoms with van der Waals surface area (Å²) in [4.78, 5) is 0. The lowest BCUT2D eigenvalue weighted by Crippen LogP contribution is -2.02. The highest BCUT2D eigenvalue weighted by Gasteiger charge is 2.17. The molecule has 0 fully saturated rings. The van der Waals surface area contributed by atoms with Gasteiger partial charge in [-0.15, -0.1) is 0 Å². The van der Waals surface area contributed by atoms with Crippen LogP contribution in [0, 0.1) is 0 Å². The molecule has 7 aromatic carbocycles. The van der Waals surface area contributed by atoms with Gasteiger partial charge >= 0.3 is 0 Å². The van der Waals surface area contributed by atoms with Gasteiger partial charge in [0, 0.05) is 0 Å². The average Bonchev–Trinajstić information content (AvgIpc) is 2.91. The van der Waals surface area contributed by atoms with Gasteiger partial charge < -0.3 is 0 Å². The molecule has 0 aliphatic carbocycles. The van der Waals surface area contributed by atoms with Gasteiger partial charge in [0.1, 0.15) is 7.85 Å². The van der Waals surface area contributed by atoms with Gasteiger partial charge in [-0.1, -0.05) is 121 Å². The van der Waals surface area contributed by atoms with E-state index < -0.39 is 0 Å². The Kier molecular flexibility index (Phi) is 4.50. The monoisotopic (exact) mass is 442 g/mol. The van der Waals surface area contributed by atoms with Crippen LogP contribution in [0.15, 0.2) is 127 Å². The average molecular weight is 442 g/mol. The molecule has 0 aliphatic heterocycles. The second kappa shape index (κ2) is 7.86. The Labute approximate surface area is 205 Å². The van der Waals surface area contributed by atoms with E-state index in [9.17, 15) is 0 Å². The molecule has 0 N–H and O–H groups in total. The predicted octanol–water partition coefficient (Wildman–Crippen LogP) is 7.89. The molecular weight excluding hydrogens is 419 g/mol. The Morgan fingerprint density at radius 2 is 0.800 bits per heavy atom. The van der Waals surface area contributed by atoms with Crippen molar-refractivity contribution in [3.63, 3.8) is 0 Å². The zero-order valence-electron chi connectivity index (χ0n) is 19.6. The first-order chi connectivity index (χ1) is 17.3. The lowest BCUT2D eigenvalue weighted by molar-refractivity contribution is 1.68. The molecule has 0 aromatic heterocycles. The van der Waals surface area contributed by atoms with E-state index >= 15 is 0 Å². The third-order valence-corrected chi connectivity index (χ3v) is 7.26. The molecule has 0 nitrogen and oxygen atoms in total. The molecule has 35 heavy (non-hydrogen) atoms. The Morgan fingerprint density at radius 3 is 1.37 bits per heavy atom. The summed E-state index contributed by atoms with van der Waals surface area (Å²) in [5.74, 6) is 0. The van der Waals surface area contributed by atoms with E-state index in [1.54, 1.807) is 0 Å². The van der Waals surface area contributed by atoms with Crippen molar-refractivity contribution >= 4 is 56.4 Å². The minimum Gasteiger partial charge on any atom is -0.0883 e. The van der Waals surface area contributed by atoms with Crippen molar-refractivity contribution in [2.45, 2.75) is 0 Å². The minimum absolute atomic E-state index is 1.26. The SMILES string of the molecule is Bc1ccc2c(-c3ccc4ccccc4c3)c3ccccc3c(-c3ccc4ccccc4c3)c2c1. The standard InChI is InChI=1S/C34H23B/c35-28-17-18-31-32(21-28)34(27-16-14-23-8-2-4-10-25(23)20-27)30-12-6-5-11-29(30)33(31)26-15-13-22-7-1-3-9-24(22)19-26/h1-21H,35H2. The number of rotatable bonds is 2. The van der Waals surface area contributed by atoms with Gasteiger partial charge in [-0.25, -0.2) is 0 Å². The number of benzene rings is 7. The normalized spacial score (nSPS) is 11.5. The van der Waals surface area contributed by atoms with E-state index in [1.165, 1.54) is 70.8 Å². The lowest BCUT2D eigenvalue weighted by Gasteiger charge is -2.19. The maximum atomic E-state index is 2.36.